The van der Waals surface area contributed by atoms with E-state index in [4.69, 9.17) is 16.3 Å². The van der Waals surface area contributed by atoms with E-state index in [0.717, 1.165) is 27.7 Å². The van der Waals surface area contributed by atoms with E-state index in [0.29, 0.717) is 17.9 Å². The number of imidazole rings is 1. The van der Waals surface area contributed by atoms with Gasteiger partial charge < -0.3 is 14.6 Å². The highest BCUT2D eigenvalue weighted by Crippen LogP contribution is 2.24. The highest BCUT2D eigenvalue weighted by atomic mass is 35.5. The summed E-state index contributed by atoms with van der Waals surface area (Å²) in [6.45, 7) is 0.592. The van der Waals surface area contributed by atoms with E-state index < -0.39 is 0 Å². The molecule has 0 bridgehead atoms. The SMILES string of the molecule is COc1ccc(Nc2ncnc3c2ncn3Cc2ccccc2Cl)cc1. The quantitative estimate of drug-likeness (QED) is 0.571. The van der Waals surface area contributed by atoms with Gasteiger partial charge in [-0.15, -0.1) is 0 Å². The summed E-state index contributed by atoms with van der Waals surface area (Å²) in [7, 11) is 1.64. The Hall–Kier alpha value is -3.12. The molecule has 0 aliphatic rings. The van der Waals surface area contributed by atoms with Crippen molar-refractivity contribution in [3.63, 3.8) is 0 Å². The van der Waals surface area contributed by atoms with Gasteiger partial charge in [0, 0.05) is 10.7 Å². The van der Waals surface area contributed by atoms with Gasteiger partial charge in [0.2, 0.25) is 0 Å². The van der Waals surface area contributed by atoms with Crippen molar-refractivity contribution in [3.8, 4) is 5.75 Å². The van der Waals surface area contributed by atoms with E-state index in [1.54, 1.807) is 13.4 Å². The van der Waals surface area contributed by atoms with Crippen LogP contribution in [0, 0.1) is 0 Å². The van der Waals surface area contributed by atoms with Crippen LogP contribution in [0.2, 0.25) is 5.02 Å². The fraction of sp³-hybridized carbons (Fsp3) is 0.105. The minimum absolute atomic E-state index is 0.592. The molecule has 0 fully saturated rings. The number of methoxy groups -OCH3 is 1. The molecule has 0 radical (unpaired) electrons. The van der Waals surface area contributed by atoms with Crippen LogP contribution >= 0.6 is 11.6 Å². The van der Waals surface area contributed by atoms with Crippen LogP contribution < -0.4 is 10.1 Å². The van der Waals surface area contributed by atoms with Gasteiger partial charge in [0.05, 0.1) is 20.0 Å². The Kier molecular flexibility index (Phi) is 4.41. The van der Waals surface area contributed by atoms with Crippen molar-refractivity contribution in [3.05, 3.63) is 71.8 Å². The standard InChI is InChI=1S/C19H16ClN5O/c1-26-15-8-6-14(7-9-15)24-18-17-19(22-11-21-18)25(12-23-17)10-13-4-2-3-5-16(13)20/h2-9,11-12H,10H2,1H3,(H,21,22,24). The summed E-state index contributed by atoms with van der Waals surface area (Å²) >= 11 is 6.27. The molecule has 4 aromatic rings. The van der Waals surface area contributed by atoms with Crippen molar-refractivity contribution in [2.75, 3.05) is 12.4 Å². The molecular formula is C19H16ClN5O. The maximum Gasteiger partial charge on any atom is 0.165 e. The van der Waals surface area contributed by atoms with Crippen molar-refractivity contribution < 1.29 is 4.74 Å². The first kappa shape index (κ1) is 16.4. The van der Waals surface area contributed by atoms with Gasteiger partial charge in [0.15, 0.2) is 17.0 Å². The number of aromatic nitrogens is 4. The minimum atomic E-state index is 0.592. The highest BCUT2D eigenvalue weighted by Gasteiger charge is 2.11. The number of nitrogens with one attached hydrogen (secondary N) is 1. The lowest BCUT2D eigenvalue weighted by Gasteiger charge is -2.08. The Labute approximate surface area is 155 Å². The number of halogens is 1. The van der Waals surface area contributed by atoms with Gasteiger partial charge in [-0.3, -0.25) is 0 Å². The molecule has 1 N–H and O–H groups in total. The summed E-state index contributed by atoms with van der Waals surface area (Å²) in [6, 6.07) is 15.4. The molecular weight excluding hydrogens is 350 g/mol. The Morgan fingerprint density at radius 2 is 1.85 bits per heavy atom. The lowest BCUT2D eigenvalue weighted by atomic mass is 10.2. The second-order valence-corrected chi connectivity index (χ2v) is 6.12. The largest absolute Gasteiger partial charge is 0.497 e. The first-order valence-electron chi connectivity index (χ1n) is 8.05. The van der Waals surface area contributed by atoms with Gasteiger partial charge in [0.1, 0.15) is 12.1 Å². The molecule has 6 nitrogen and oxygen atoms in total. The molecule has 4 rings (SSSR count). The Balaban J connectivity index is 1.65. The number of hydrogen-bond acceptors (Lipinski definition) is 5. The number of ether oxygens (including phenoxy) is 1. The van der Waals surface area contributed by atoms with Crippen molar-refractivity contribution in [1.29, 1.82) is 0 Å². The van der Waals surface area contributed by atoms with Crippen LogP contribution in [0.3, 0.4) is 0 Å². The van der Waals surface area contributed by atoms with E-state index in [9.17, 15) is 0 Å². The molecule has 0 saturated carbocycles. The summed E-state index contributed by atoms with van der Waals surface area (Å²) in [5, 5.41) is 4.00. The van der Waals surface area contributed by atoms with E-state index in [1.807, 2.05) is 53.1 Å². The first-order chi connectivity index (χ1) is 12.7. The lowest BCUT2D eigenvalue weighted by molar-refractivity contribution is 0.415. The topological polar surface area (TPSA) is 64.9 Å². The number of rotatable bonds is 5. The molecule has 0 saturated heterocycles. The van der Waals surface area contributed by atoms with Gasteiger partial charge in [-0.25, -0.2) is 15.0 Å². The lowest BCUT2D eigenvalue weighted by Crippen LogP contribution is -2.01. The molecule has 0 spiro atoms. The number of fused-ring (bicyclic) bond motifs is 1. The third-order valence-electron chi connectivity index (χ3n) is 4.05. The number of hydrogen-bond donors (Lipinski definition) is 1. The third-order valence-corrected chi connectivity index (χ3v) is 4.42. The molecule has 0 aliphatic heterocycles. The van der Waals surface area contributed by atoms with Crippen molar-refractivity contribution in [1.82, 2.24) is 19.5 Å². The maximum atomic E-state index is 6.27. The van der Waals surface area contributed by atoms with Gasteiger partial charge >= 0.3 is 0 Å². The zero-order valence-corrected chi connectivity index (χ0v) is 14.8. The van der Waals surface area contributed by atoms with Crippen LogP contribution in [0.5, 0.6) is 5.75 Å². The van der Waals surface area contributed by atoms with Crippen molar-refractivity contribution >= 4 is 34.3 Å². The molecule has 0 atom stereocenters. The smallest absolute Gasteiger partial charge is 0.165 e. The van der Waals surface area contributed by atoms with Crippen LogP contribution in [0.25, 0.3) is 11.2 Å². The second kappa shape index (κ2) is 7.01. The summed E-state index contributed by atoms with van der Waals surface area (Å²) in [5.41, 5.74) is 3.36. The Bertz CT molecular complexity index is 1050. The first-order valence-corrected chi connectivity index (χ1v) is 8.43. The van der Waals surface area contributed by atoms with Crippen molar-refractivity contribution in [2.24, 2.45) is 0 Å². The predicted molar refractivity (Wildman–Crippen MR) is 102 cm³/mol. The van der Waals surface area contributed by atoms with Crippen LogP contribution in [0.15, 0.2) is 61.2 Å². The Morgan fingerprint density at radius 3 is 2.62 bits per heavy atom. The summed E-state index contributed by atoms with van der Waals surface area (Å²) in [5.74, 6) is 1.45. The summed E-state index contributed by atoms with van der Waals surface area (Å²) in [4.78, 5) is 13.2. The fourth-order valence-electron chi connectivity index (χ4n) is 2.71. The minimum Gasteiger partial charge on any atom is -0.497 e. The van der Waals surface area contributed by atoms with Crippen LogP contribution in [-0.4, -0.2) is 26.6 Å². The maximum absolute atomic E-state index is 6.27. The molecule has 0 aliphatic carbocycles. The summed E-state index contributed by atoms with van der Waals surface area (Å²) < 4.78 is 7.14. The van der Waals surface area contributed by atoms with Crippen molar-refractivity contribution in [2.45, 2.75) is 6.54 Å². The second-order valence-electron chi connectivity index (χ2n) is 5.71. The van der Waals surface area contributed by atoms with Gasteiger partial charge in [-0.1, -0.05) is 29.8 Å². The van der Waals surface area contributed by atoms with E-state index in [-0.39, 0.29) is 0 Å². The monoisotopic (exact) mass is 365 g/mol. The number of benzene rings is 2. The average molecular weight is 366 g/mol. The highest BCUT2D eigenvalue weighted by molar-refractivity contribution is 6.31. The molecule has 7 heteroatoms. The molecule has 2 heterocycles. The third kappa shape index (κ3) is 3.19. The zero-order chi connectivity index (χ0) is 17.9. The molecule has 2 aromatic heterocycles. The van der Waals surface area contributed by atoms with E-state index in [2.05, 4.69) is 20.3 Å². The molecule has 2 aromatic carbocycles. The zero-order valence-electron chi connectivity index (χ0n) is 14.1. The molecule has 0 unspecified atom stereocenters. The normalized spacial score (nSPS) is 10.8. The van der Waals surface area contributed by atoms with E-state index >= 15 is 0 Å². The van der Waals surface area contributed by atoms with Gasteiger partial charge in [-0.05, 0) is 35.9 Å². The number of anilines is 2. The van der Waals surface area contributed by atoms with Crippen LogP contribution in [0.4, 0.5) is 11.5 Å². The molecule has 130 valence electrons. The van der Waals surface area contributed by atoms with Gasteiger partial charge in [0.25, 0.3) is 0 Å². The number of nitrogens with zero attached hydrogens (tertiary/aromatic N) is 4. The van der Waals surface area contributed by atoms with Crippen LogP contribution in [0.1, 0.15) is 5.56 Å². The predicted octanol–water partition coefficient (Wildman–Crippen LogP) is 4.28. The fourth-order valence-corrected chi connectivity index (χ4v) is 2.90. The van der Waals surface area contributed by atoms with Gasteiger partial charge in [-0.2, -0.15) is 0 Å². The average Bonchev–Trinajstić information content (AvgIpc) is 3.08. The molecule has 26 heavy (non-hydrogen) atoms. The summed E-state index contributed by atoms with van der Waals surface area (Å²) in [6.07, 6.45) is 3.28. The van der Waals surface area contributed by atoms with Crippen LogP contribution in [-0.2, 0) is 6.54 Å². The van der Waals surface area contributed by atoms with E-state index in [1.165, 1.54) is 6.33 Å². The Morgan fingerprint density at radius 1 is 1.04 bits per heavy atom. The molecule has 0 amide bonds.